The third-order valence-electron chi connectivity index (χ3n) is 4.75. The number of hydrogen-bond donors (Lipinski definition) is 0. The van der Waals surface area contributed by atoms with Gasteiger partial charge in [-0.25, -0.2) is 4.98 Å². The Morgan fingerprint density at radius 3 is 2.69 bits per heavy atom. The maximum Gasteiger partial charge on any atom is 0.262 e. The Labute approximate surface area is 193 Å². The van der Waals surface area contributed by atoms with Gasteiger partial charge < -0.3 is 14.0 Å². The minimum Gasteiger partial charge on any atom is -0.497 e. The van der Waals surface area contributed by atoms with Crippen LogP contribution >= 0.6 is 23.4 Å². The third-order valence-corrected chi connectivity index (χ3v) is 5.95. The SMILES string of the molecule is COCCCn1c(SCc2nc(-c3ccc(OC)cc3)no2)nc2cc(Cl)ccc2c1=O. The third kappa shape index (κ3) is 4.95. The Hall–Kier alpha value is -2.88. The summed E-state index contributed by atoms with van der Waals surface area (Å²) in [5, 5.41) is 5.66. The maximum absolute atomic E-state index is 13.1. The second-order valence-corrected chi connectivity index (χ2v) is 8.27. The van der Waals surface area contributed by atoms with Crippen LogP contribution in [-0.4, -0.2) is 40.5 Å². The molecule has 0 fully saturated rings. The Morgan fingerprint density at radius 2 is 1.94 bits per heavy atom. The number of halogens is 1. The van der Waals surface area contributed by atoms with E-state index in [1.54, 1.807) is 37.0 Å². The van der Waals surface area contributed by atoms with E-state index >= 15 is 0 Å². The van der Waals surface area contributed by atoms with Crippen LogP contribution < -0.4 is 10.3 Å². The average Bonchev–Trinajstić information content (AvgIpc) is 3.28. The highest BCUT2D eigenvalue weighted by Crippen LogP contribution is 2.25. The quantitative estimate of drug-likeness (QED) is 0.200. The van der Waals surface area contributed by atoms with Gasteiger partial charge in [0, 0.05) is 30.8 Å². The molecule has 0 saturated heterocycles. The average molecular weight is 473 g/mol. The molecule has 166 valence electrons. The molecular weight excluding hydrogens is 452 g/mol. The van der Waals surface area contributed by atoms with Gasteiger partial charge in [0.1, 0.15) is 5.75 Å². The Balaban J connectivity index is 1.58. The van der Waals surface area contributed by atoms with E-state index in [0.717, 1.165) is 11.3 Å². The van der Waals surface area contributed by atoms with Gasteiger partial charge in [-0.15, -0.1) is 0 Å². The lowest BCUT2D eigenvalue weighted by molar-refractivity contribution is 0.189. The van der Waals surface area contributed by atoms with Crippen LogP contribution in [0.3, 0.4) is 0 Å². The van der Waals surface area contributed by atoms with Gasteiger partial charge in [0.2, 0.25) is 11.7 Å². The first-order chi connectivity index (χ1) is 15.6. The van der Waals surface area contributed by atoms with E-state index in [4.69, 9.17) is 25.6 Å². The van der Waals surface area contributed by atoms with Crippen molar-refractivity contribution in [3.05, 3.63) is 63.7 Å². The molecule has 0 aliphatic rings. The maximum atomic E-state index is 13.1. The topological polar surface area (TPSA) is 92.3 Å². The standard InChI is InChI=1S/C22H21ClN4O4S/c1-29-11-3-10-27-21(28)17-9-6-15(23)12-18(17)24-22(27)32-13-19-25-20(26-31-19)14-4-7-16(30-2)8-5-14/h4-9,12H,3,10-11,13H2,1-2H3. The molecule has 0 radical (unpaired) electrons. The van der Waals surface area contributed by atoms with E-state index in [-0.39, 0.29) is 5.56 Å². The summed E-state index contributed by atoms with van der Waals surface area (Å²) in [6.07, 6.45) is 0.687. The van der Waals surface area contributed by atoms with Crippen LogP contribution in [0.1, 0.15) is 12.3 Å². The molecule has 0 spiro atoms. The first-order valence-electron chi connectivity index (χ1n) is 9.88. The van der Waals surface area contributed by atoms with Crippen molar-refractivity contribution in [2.24, 2.45) is 0 Å². The predicted octanol–water partition coefficient (Wildman–Crippen LogP) is 4.44. The fraction of sp³-hybridized carbons (Fsp3) is 0.273. The van der Waals surface area contributed by atoms with E-state index in [0.29, 0.717) is 58.1 Å². The van der Waals surface area contributed by atoms with Crippen LogP contribution in [-0.2, 0) is 17.0 Å². The van der Waals surface area contributed by atoms with Crippen LogP contribution in [0.5, 0.6) is 5.75 Å². The number of aromatic nitrogens is 4. The van der Waals surface area contributed by atoms with Crippen LogP contribution in [0.15, 0.2) is 56.9 Å². The van der Waals surface area contributed by atoms with Crippen LogP contribution in [0.2, 0.25) is 5.02 Å². The van der Waals surface area contributed by atoms with Crippen LogP contribution in [0.25, 0.3) is 22.3 Å². The van der Waals surface area contributed by atoms with E-state index in [2.05, 4.69) is 15.1 Å². The molecule has 0 bridgehead atoms. The summed E-state index contributed by atoms with van der Waals surface area (Å²) in [5.74, 6) is 2.04. The zero-order valence-corrected chi connectivity index (χ0v) is 19.2. The first-order valence-corrected chi connectivity index (χ1v) is 11.2. The van der Waals surface area contributed by atoms with Crippen molar-refractivity contribution in [3.8, 4) is 17.1 Å². The van der Waals surface area contributed by atoms with Crippen molar-refractivity contribution >= 4 is 34.3 Å². The normalized spacial score (nSPS) is 11.2. The van der Waals surface area contributed by atoms with Crippen molar-refractivity contribution in [1.82, 2.24) is 19.7 Å². The van der Waals surface area contributed by atoms with Crippen molar-refractivity contribution < 1.29 is 14.0 Å². The van der Waals surface area contributed by atoms with E-state index in [9.17, 15) is 4.79 Å². The summed E-state index contributed by atoms with van der Waals surface area (Å²) in [6.45, 7) is 1.03. The molecule has 0 N–H and O–H groups in total. The molecule has 32 heavy (non-hydrogen) atoms. The molecule has 0 aliphatic carbocycles. The lowest BCUT2D eigenvalue weighted by atomic mass is 10.2. The second kappa shape index (κ2) is 10.2. The van der Waals surface area contributed by atoms with Crippen molar-refractivity contribution in [3.63, 3.8) is 0 Å². The molecule has 2 aromatic carbocycles. The van der Waals surface area contributed by atoms with Crippen LogP contribution in [0.4, 0.5) is 0 Å². The number of thioether (sulfide) groups is 1. The molecule has 0 aliphatic heterocycles. The highest BCUT2D eigenvalue weighted by molar-refractivity contribution is 7.98. The molecule has 2 aromatic heterocycles. The number of rotatable bonds is 9. The molecule has 8 nitrogen and oxygen atoms in total. The zero-order valence-electron chi connectivity index (χ0n) is 17.6. The highest BCUT2D eigenvalue weighted by Gasteiger charge is 2.15. The van der Waals surface area contributed by atoms with Crippen molar-refractivity contribution in [2.75, 3.05) is 20.8 Å². The number of nitrogens with zero attached hydrogens (tertiary/aromatic N) is 4. The van der Waals surface area contributed by atoms with Crippen LogP contribution in [0, 0.1) is 0 Å². The fourth-order valence-electron chi connectivity index (χ4n) is 3.15. The number of fused-ring (bicyclic) bond motifs is 1. The second-order valence-electron chi connectivity index (χ2n) is 6.89. The lowest BCUT2D eigenvalue weighted by Crippen LogP contribution is -2.24. The number of benzene rings is 2. The van der Waals surface area contributed by atoms with Gasteiger partial charge in [-0.05, 0) is 48.9 Å². The minimum atomic E-state index is -0.116. The molecule has 10 heteroatoms. The summed E-state index contributed by atoms with van der Waals surface area (Å²) in [5.41, 5.74) is 1.26. The van der Waals surface area contributed by atoms with Crippen molar-refractivity contribution in [1.29, 1.82) is 0 Å². The van der Waals surface area contributed by atoms with E-state index < -0.39 is 0 Å². The largest absolute Gasteiger partial charge is 0.497 e. The van der Waals surface area contributed by atoms with Gasteiger partial charge in [0.15, 0.2) is 5.16 Å². The fourth-order valence-corrected chi connectivity index (χ4v) is 4.17. The predicted molar refractivity (Wildman–Crippen MR) is 123 cm³/mol. The molecule has 0 saturated carbocycles. The summed E-state index contributed by atoms with van der Waals surface area (Å²) < 4.78 is 17.4. The monoisotopic (exact) mass is 472 g/mol. The Morgan fingerprint density at radius 1 is 1.12 bits per heavy atom. The lowest BCUT2D eigenvalue weighted by Gasteiger charge is -2.12. The molecule has 0 amide bonds. The zero-order chi connectivity index (χ0) is 22.5. The highest BCUT2D eigenvalue weighted by atomic mass is 35.5. The number of hydrogen-bond acceptors (Lipinski definition) is 8. The Bertz CT molecular complexity index is 1270. The van der Waals surface area contributed by atoms with Crippen molar-refractivity contribution in [2.45, 2.75) is 23.9 Å². The van der Waals surface area contributed by atoms with Gasteiger partial charge in [0.05, 0.1) is 23.8 Å². The van der Waals surface area contributed by atoms with E-state index in [1.165, 1.54) is 11.8 Å². The Kier molecular flexibility index (Phi) is 7.09. The smallest absolute Gasteiger partial charge is 0.262 e. The summed E-state index contributed by atoms with van der Waals surface area (Å²) in [4.78, 5) is 22.2. The van der Waals surface area contributed by atoms with Gasteiger partial charge in [-0.2, -0.15) is 4.98 Å². The molecule has 2 heterocycles. The molecule has 4 aromatic rings. The van der Waals surface area contributed by atoms with Gasteiger partial charge >= 0.3 is 0 Å². The van der Waals surface area contributed by atoms with Gasteiger partial charge in [-0.1, -0.05) is 28.5 Å². The molecule has 0 atom stereocenters. The summed E-state index contributed by atoms with van der Waals surface area (Å²) >= 11 is 7.46. The number of ether oxygens (including phenoxy) is 2. The molecule has 0 unspecified atom stereocenters. The summed E-state index contributed by atoms with van der Waals surface area (Å²) in [6, 6.07) is 12.5. The minimum absolute atomic E-state index is 0.116. The van der Waals surface area contributed by atoms with Gasteiger partial charge in [-0.3, -0.25) is 9.36 Å². The molecular formula is C22H21ClN4O4S. The first kappa shape index (κ1) is 22.3. The summed E-state index contributed by atoms with van der Waals surface area (Å²) in [7, 11) is 3.25. The van der Waals surface area contributed by atoms with E-state index in [1.807, 2.05) is 24.3 Å². The molecule has 4 rings (SSSR count). The number of methoxy groups -OCH3 is 2. The van der Waals surface area contributed by atoms with Gasteiger partial charge in [0.25, 0.3) is 5.56 Å².